The molecule has 0 unspecified atom stereocenters. The van der Waals surface area contributed by atoms with Crippen molar-refractivity contribution in [2.24, 2.45) is 0 Å². The highest BCUT2D eigenvalue weighted by molar-refractivity contribution is 5.97. The van der Waals surface area contributed by atoms with Crippen LogP contribution in [0.15, 0.2) is 72.8 Å². The molecule has 0 aliphatic heterocycles. The van der Waals surface area contributed by atoms with E-state index >= 15 is 0 Å². The highest BCUT2D eigenvalue weighted by Gasteiger charge is 2.13. The molecule has 0 aliphatic rings. The Morgan fingerprint density at radius 2 is 1.36 bits per heavy atom. The van der Waals surface area contributed by atoms with E-state index in [4.69, 9.17) is 4.74 Å². The van der Waals surface area contributed by atoms with E-state index in [1.807, 2.05) is 74.5 Å². The van der Waals surface area contributed by atoms with E-state index in [9.17, 15) is 14.4 Å². The molecule has 170 valence electrons. The lowest BCUT2D eigenvalue weighted by atomic mass is 10.0. The molecule has 0 radical (unpaired) electrons. The number of benzene rings is 3. The summed E-state index contributed by atoms with van der Waals surface area (Å²) in [5.74, 6) is -1.49. The van der Waals surface area contributed by atoms with Gasteiger partial charge in [-0.1, -0.05) is 74.5 Å². The largest absolute Gasteiger partial charge is 0.454 e. The van der Waals surface area contributed by atoms with Crippen LogP contribution < -0.4 is 10.6 Å². The molecule has 0 saturated carbocycles. The number of amides is 2. The van der Waals surface area contributed by atoms with Crippen LogP contribution in [0.1, 0.15) is 35.3 Å². The Bertz CT molecular complexity index is 1090. The van der Waals surface area contributed by atoms with E-state index < -0.39 is 18.5 Å². The molecule has 0 saturated heterocycles. The summed E-state index contributed by atoms with van der Waals surface area (Å²) in [4.78, 5) is 36.6. The fourth-order valence-electron chi connectivity index (χ4n) is 3.47. The summed E-state index contributed by atoms with van der Waals surface area (Å²) >= 11 is 0. The summed E-state index contributed by atoms with van der Waals surface area (Å²) in [5, 5.41) is 5.37. The first-order valence-corrected chi connectivity index (χ1v) is 11.0. The Labute approximate surface area is 194 Å². The van der Waals surface area contributed by atoms with E-state index in [-0.39, 0.29) is 12.5 Å². The topological polar surface area (TPSA) is 84.5 Å². The lowest BCUT2D eigenvalue weighted by molar-refractivity contribution is -0.146. The molecule has 3 aromatic carbocycles. The van der Waals surface area contributed by atoms with Crippen LogP contribution in [0.5, 0.6) is 0 Å². The second-order valence-corrected chi connectivity index (χ2v) is 7.49. The van der Waals surface area contributed by atoms with Crippen LogP contribution in [0.25, 0.3) is 11.1 Å². The van der Waals surface area contributed by atoms with Gasteiger partial charge in [0.25, 0.3) is 11.8 Å². The lowest BCUT2D eigenvalue weighted by Gasteiger charge is -2.14. The number of hydrogen-bond acceptors (Lipinski definition) is 4. The number of ether oxygens (including phenoxy) is 1. The number of nitrogens with one attached hydrogen (secondary N) is 2. The first-order chi connectivity index (χ1) is 16.0. The number of aryl methyl sites for hydroxylation is 2. The zero-order chi connectivity index (χ0) is 23.6. The van der Waals surface area contributed by atoms with Gasteiger partial charge in [-0.15, -0.1) is 0 Å². The van der Waals surface area contributed by atoms with Crippen molar-refractivity contribution in [3.8, 4) is 11.1 Å². The smallest absolute Gasteiger partial charge is 0.325 e. The molecule has 6 heteroatoms. The molecule has 0 heterocycles. The van der Waals surface area contributed by atoms with Crippen LogP contribution in [0.4, 0.5) is 5.69 Å². The van der Waals surface area contributed by atoms with Crippen molar-refractivity contribution < 1.29 is 19.1 Å². The van der Waals surface area contributed by atoms with E-state index in [0.29, 0.717) is 5.56 Å². The van der Waals surface area contributed by atoms with Crippen molar-refractivity contribution >= 4 is 23.5 Å². The summed E-state index contributed by atoms with van der Waals surface area (Å²) < 4.78 is 5.02. The summed E-state index contributed by atoms with van der Waals surface area (Å²) in [6.07, 6.45) is 1.56. The minimum atomic E-state index is -0.682. The lowest BCUT2D eigenvalue weighted by Crippen LogP contribution is -2.32. The molecule has 0 fully saturated rings. The van der Waals surface area contributed by atoms with E-state index in [1.54, 1.807) is 12.1 Å². The van der Waals surface area contributed by atoms with Crippen LogP contribution >= 0.6 is 0 Å². The van der Waals surface area contributed by atoms with Gasteiger partial charge in [0.2, 0.25) is 0 Å². The van der Waals surface area contributed by atoms with Crippen LogP contribution in [0.2, 0.25) is 0 Å². The highest BCUT2D eigenvalue weighted by Crippen LogP contribution is 2.22. The van der Waals surface area contributed by atoms with Gasteiger partial charge < -0.3 is 15.4 Å². The molecule has 0 bridgehead atoms. The quantitative estimate of drug-likeness (QED) is 0.480. The normalized spacial score (nSPS) is 10.4. The molecular weight excluding hydrogens is 416 g/mol. The highest BCUT2D eigenvalue weighted by atomic mass is 16.5. The van der Waals surface area contributed by atoms with Crippen LogP contribution in [0, 0.1) is 0 Å². The molecule has 6 nitrogen and oxygen atoms in total. The fraction of sp³-hybridized carbons (Fsp3) is 0.222. The monoisotopic (exact) mass is 444 g/mol. The molecule has 0 atom stereocenters. The average molecular weight is 445 g/mol. The third-order valence-electron chi connectivity index (χ3n) is 5.28. The van der Waals surface area contributed by atoms with Crippen LogP contribution in [0.3, 0.4) is 0 Å². The number of esters is 1. The van der Waals surface area contributed by atoms with Crippen molar-refractivity contribution in [1.82, 2.24) is 5.32 Å². The minimum Gasteiger partial charge on any atom is -0.454 e. The molecule has 2 amide bonds. The van der Waals surface area contributed by atoms with Gasteiger partial charge in [-0.2, -0.15) is 0 Å². The van der Waals surface area contributed by atoms with Gasteiger partial charge in [-0.3, -0.25) is 14.4 Å². The van der Waals surface area contributed by atoms with E-state index in [1.165, 1.54) is 0 Å². The molecule has 3 aromatic rings. The average Bonchev–Trinajstić information content (AvgIpc) is 2.86. The predicted octanol–water partition coefficient (Wildman–Crippen LogP) is 4.39. The summed E-state index contributed by atoms with van der Waals surface area (Å²) in [7, 11) is 0. The van der Waals surface area contributed by atoms with Crippen molar-refractivity contribution in [3.63, 3.8) is 0 Å². The van der Waals surface area contributed by atoms with Crippen molar-refractivity contribution in [2.75, 3.05) is 18.5 Å². The maximum absolute atomic E-state index is 12.3. The van der Waals surface area contributed by atoms with Gasteiger partial charge >= 0.3 is 5.97 Å². The Morgan fingerprint density at radius 1 is 0.758 bits per heavy atom. The van der Waals surface area contributed by atoms with Gasteiger partial charge in [-0.05, 0) is 47.2 Å². The van der Waals surface area contributed by atoms with Crippen LogP contribution in [-0.2, 0) is 27.2 Å². The number of hydrogen-bond donors (Lipinski definition) is 2. The van der Waals surface area contributed by atoms with E-state index in [0.717, 1.165) is 40.8 Å². The number of anilines is 1. The van der Waals surface area contributed by atoms with Gasteiger partial charge in [0.15, 0.2) is 6.61 Å². The van der Waals surface area contributed by atoms with Gasteiger partial charge in [-0.25, -0.2) is 0 Å². The van der Waals surface area contributed by atoms with Gasteiger partial charge in [0.05, 0.1) is 0 Å². The molecule has 0 spiro atoms. The Kier molecular flexibility index (Phi) is 8.36. The predicted molar refractivity (Wildman–Crippen MR) is 129 cm³/mol. The molecule has 0 aromatic heterocycles. The summed E-state index contributed by atoms with van der Waals surface area (Å²) in [6, 6.07) is 22.8. The Hall–Kier alpha value is -3.93. The maximum atomic E-state index is 12.3. The summed E-state index contributed by atoms with van der Waals surface area (Å²) in [5.41, 5.74) is 5.31. The molecule has 3 rings (SSSR count). The van der Waals surface area contributed by atoms with Crippen LogP contribution in [-0.4, -0.2) is 30.9 Å². The first-order valence-electron chi connectivity index (χ1n) is 11.0. The number of rotatable bonds is 9. The number of para-hydroxylation sites is 1. The number of carbonyl (C=O) groups excluding carboxylic acids is 3. The minimum absolute atomic E-state index is 0.321. The first kappa shape index (κ1) is 23.7. The second kappa shape index (κ2) is 11.6. The fourth-order valence-corrected chi connectivity index (χ4v) is 3.47. The number of carbonyl (C=O) groups is 3. The molecular formula is C27H28N2O4. The Balaban J connectivity index is 1.47. The van der Waals surface area contributed by atoms with Gasteiger partial charge in [0.1, 0.15) is 6.54 Å². The van der Waals surface area contributed by atoms with E-state index in [2.05, 4.69) is 10.6 Å². The maximum Gasteiger partial charge on any atom is 0.325 e. The van der Waals surface area contributed by atoms with Crippen molar-refractivity contribution in [2.45, 2.75) is 26.7 Å². The standard InChI is InChI=1S/C27H28N2O4/c1-3-19-11-8-12-20(4-2)26(19)29-24(30)18-33-25(31)17-28-27(32)23-15-13-22(14-16-23)21-9-6-5-7-10-21/h5-16H,3-4,17-18H2,1-2H3,(H,28,32)(H,29,30). The molecule has 2 N–H and O–H groups in total. The SMILES string of the molecule is CCc1cccc(CC)c1NC(=O)COC(=O)CNC(=O)c1ccc(-c2ccccc2)cc1. The Morgan fingerprint density at radius 3 is 1.97 bits per heavy atom. The zero-order valence-electron chi connectivity index (χ0n) is 18.9. The zero-order valence-corrected chi connectivity index (χ0v) is 18.9. The molecule has 33 heavy (non-hydrogen) atoms. The molecule has 0 aliphatic carbocycles. The third-order valence-corrected chi connectivity index (χ3v) is 5.28. The van der Waals surface area contributed by atoms with Gasteiger partial charge in [0, 0.05) is 11.3 Å². The van der Waals surface area contributed by atoms with Crippen molar-refractivity contribution in [3.05, 3.63) is 89.5 Å². The third kappa shape index (κ3) is 6.53. The second-order valence-electron chi connectivity index (χ2n) is 7.49. The van der Waals surface area contributed by atoms with Crippen molar-refractivity contribution in [1.29, 1.82) is 0 Å². The summed E-state index contributed by atoms with van der Waals surface area (Å²) in [6.45, 7) is 3.30.